The lowest BCUT2D eigenvalue weighted by atomic mass is 10.1. The summed E-state index contributed by atoms with van der Waals surface area (Å²) < 4.78 is 2.07. The van der Waals surface area contributed by atoms with E-state index in [1.165, 1.54) is 0 Å². The zero-order chi connectivity index (χ0) is 19.7. The summed E-state index contributed by atoms with van der Waals surface area (Å²) >= 11 is 0. The monoisotopic (exact) mass is 361 g/mol. The molecule has 5 heteroatoms. The van der Waals surface area contributed by atoms with Gasteiger partial charge in [0.2, 0.25) is 5.91 Å². The van der Waals surface area contributed by atoms with E-state index >= 15 is 0 Å². The van der Waals surface area contributed by atoms with E-state index in [-0.39, 0.29) is 5.91 Å². The van der Waals surface area contributed by atoms with Gasteiger partial charge in [0.15, 0.2) is 0 Å². The lowest BCUT2D eigenvalue weighted by Crippen LogP contribution is -2.15. The Morgan fingerprint density at radius 2 is 1.67 bits per heavy atom. The van der Waals surface area contributed by atoms with Gasteiger partial charge in [-0.05, 0) is 75.2 Å². The van der Waals surface area contributed by atoms with Crippen LogP contribution in [0.15, 0.2) is 48.5 Å². The largest absolute Gasteiger partial charge is 0.366 e. The van der Waals surface area contributed by atoms with Gasteiger partial charge in [0.1, 0.15) is 0 Å². The number of primary amides is 1. The number of aryl methyl sites for hydroxylation is 3. The molecule has 0 radical (unpaired) electrons. The molecule has 1 heterocycles. The SMILES string of the molecule is Cc1cccc(-n2c(C)cc(C(=O)Nc3ccc(C(N)=O)c(C)c3)c2C)c1. The van der Waals surface area contributed by atoms with Crippen molar-refractivity contribution in [3.8, 4) is 5.69 Å². The number of anilines is 1. The molecule has 3 N–H and O–H groups in total. The van der Waals surface area contributed by atoms with Crippen LogP contribution in [0, 0.1) is 27.7 Å². The van der Waals surface area contributed by atoms with Gasteiger partial charge in [-0.2, -0.15) is 0 Å². The van der Waals surface area contributed by atoms with Gasteiger partial charge in [0.05, 0.1) is 5.56 Å². The minimum absolute atomic E-state index is 0.187. The number of carbonyl (C=O) groups excluding carboxylic acids is 2. The molecule has 3 aromatic rings. The fourth-order valence-electron chi connectivity index (χ4n) is 3.37. The van der Waals surface area contributed by atoms with Crippen LogP contribution in [-0.4, -0.2) is 16.4 Å². The van der Waals surface area contributed by atoms with Gasteiger partial charge in [-0.3, -0.25) is 9.59 Å². The van der Waals surface area contributed by atoms with Crippen molar-refractivity contribution in [1.82, 2.24) is 4.57 Å². The Morgan fingerprint density at radius 1 is 0.926 bits per heavy atom. The Kier molecular flexibility index (Phi) is 4.86. The van der Waals surface area contributed by atoms with E-state index in [0.717, 1.165) is 28.2 Å². The van der Waals surface area contributed by atoms with Gasteiger partial charge in [0.25, 0.3) is 5.91 Å². The molecule has 138 valence electrons. The molecule has 0 saturated heterocycles. The summed E-state index contributed by atoms with van der Waals surface area (Å²) in [6.45, 7) is 7.76. The van der Waals surface area contributed by atoms with E-state index in [2.05, 4.69) is 16.0 Å². The molecule has 0 saturated carbocycles. The third-order valence-corrected chi connectivity index (χ3v) is 4.69. The van der Waals surface area contributed by atoms with Crippen molar-refractivity contribution in [2.75, 3.05) is 5.32 Å². The van der Waals surface area contributed by atoms with Crippen LogP contribution in [0.25, 0.3) is 5.69 Å². The van der Waals surface area contributed by atoms with E-state index in [1.807, 2.05) is 45.0 Å². The van der Waals surface area contributed by atoms with Crippen molar-refractivity contribution in [1.29, 1.82) is 0 Å². The van der Waals surface area contributed by atoms with Crippen molar-refractivity contribution in [2.24, 2.45) is 5.73 Å². The third kappa shape index (κ3) is 3.62. The molecule has 0 aliphatic carbocycles. The maximum absolute atomic E-state index is 12.8. The molecule has 0 aliphatic rings. The molecule has 0 aliphatic heterocycles. The molecular formula is C22H23N3O2. The number of hydrogen-bond acceptors (Lipinski definition) is 2. The van der Waals surface area contributed by atoms with E-state index < -0.39 is 5.91 Å². The summed E-state index contributed by atoms with van der Waals surface area (Å²) in [6.07, 6.45) is 0. The summed E-state index contributed by atoms with van der Waals surface area (Å²) in [6, 6.07) is 15.1. The highest BCUT2D eigenvalue weighted by molar-refractivity contribution is 6.06. The molecule has 0 fully saturated rings. The van der Waals surface area contributed by atoms with Crippen LogP contribution < -0.4 is 11.1 Å². The molecule has 1 aromatic heterocycles. The van der Waals surface area contributed by atoms with Crippen LogP contribution in [0.4, 0.5) is 5.69 Å². The molecular weight excluding hydrogens is 338 g/mol. The van der Waals surface area contributed by atoms with Gasteiger partial charge in [-0.25, -0.2) is 0 Å². The Morgan fingerprint density at radius 3 is 2.30 bits per heavy atom. The fourth-order valence-corrected chi connectivity index (χ4v) is 3.37. The summed E-state index contributed by atoms with van der Waals surface area (Å²) in [5, 5.41) is 2.91. The molecule has 2 amide bonds. The normalized spacial score (nSPS) is 10.7. The molecule has 3 rings (SSSR count). The van der Waals surface area contributed by atoms with Gasteiger partial charge < -0.3 is 15.6 Å². The van der Waals surface area contributed by atoms with E-state index in [4.69, 9.17) is 5.73 Å². The second-order valence-electron chi connectivity index (χ2n) is 6.81. The van der Waals surface area contributed by atoms with Crippen molar-refractivity contribution in [3.05, 3.63) is 82.2 Å². The maximum atomic E-state index is 12.8. The second-order valence-corrected chi connectivity index (χ2v) is 6.81. The van der Waals surface area contributed by atoms with Gasteiger partial charge in [0, 0.05) is 28.3 Å². The Hall–Kier alpha value is -3.34. The standard InChI is InChI=1S/C22H23N3O2/c1-13-6-5-7-18(10-13)25-15(3)12-20(16(25)4)22(27)24-17-8-9-19(21(23)26)14(2)11-17/h5-12H,1-4H3,(H2,23,26)(H,24,27). The molecule has 0 spiro atoms. The van der Waals surface area contributed by atoms with Crippen molar-refractivity contribution in [2.45, 2.75) is 27.7 Å². The zero-order valence-corrected chi connectivity index (χ0v) is 16.0. The predicted molar refractivity (Wildman–Crippen MR) is 108 cm³/mol. The molecule has 0 unspecified atom stereocenters. The first-order valence-corrected chi connectivity index (χ1v) is 8.75. The smallest absolute Gasteiger partial charge is 0.257 e. The summed E-state index contributed by atoms with van der Waals surface area (Å²) in [5.74, 6) is -0.666. The van der Waals surface area contributed by atoms with Gasteiger partial charge in [-0.1, -0.05) is 12.1 Å². The average Bonchev–Trinajstić information content (AvgIpc) is 2.89. The van der Waals surface area contributed by atoms with Crippen LogP contribution in [0.1, 0.15) is 43.2 Å². The number of hydrogen-bond donors (Lipinski definition) is 2. The highest BCUT2D eigenvalue weighted by Gasteiger charge is 2.17. The first-order chi connectivity index (χ1) is 12.8. The number of rotatable bonds is 4. The first-order valence-electron chi connectivity index (χ1n) is 8.75. The fraction of sp³-hybridized carbons (Fsp3) is 0.182. The van der Waals surface area contributed by atoms with Crippen LogP contribution in [0.2, 0.25) is 0 Å². The minimum atomic E-state index is -0.480. The second kappa shape index (κ2) is 7.11. The van der Waals surface area contributed by atoms with Crippen molar-refractivity contribution in [3.63, 3.8) is 0 Å². The number of nitrogens with two attached hydrogens (primary N) is 1. The van der Waals surface area contributed by atoms with Crippen LogP contribution in [-0.2, 0) is 0 Å². The number of nitrogens with zero attached hydrogens (tertiary/aromatic N) is 1. The Balaban J connectivity index is 1.91. The van der Waals surface area contributed by atoms with Crippen molar-refractivity contribution < 1.29 is 9.59 Å². The van der Waals surface area contributed by atoms with Crippen molar-refractivity contribution >= 4 is 17.5 Å². The number of aromatic nitrogens is 1. The zero-order valence-electron chi connectivity index (χ0n) is 16.0. The quantitative estimate of drug-likeness (QED) is 0.735. The van der Waals surface area contributed by atoms with Crippen LogP contribution >= 0.6 is 0 Å². The highest BCUT2D eigenvalue weighted by Crippen LogP contribution is 2.23. The Bertz CT molecular complexity index is 1050. The molecule has 0 bridgehead atoms. The number of carbonyl (C=O) groups is 2. The van der Waals surface area contributed by atoms with Crippen LogP contribution in [0.3, 0.4) is 0 Å². The number of nitrogens with one attached hydrogen (secondary N) is 1. The number of amides is 2. The van der Waals surface area contributed by atoms with E-state index in [1.54, 1.807) is 25.1 Å². The van der Waals surface area contributed by atoms with E-state index in [9.17, 15) is 9.59 Å². The summed E-state index contributed by atoms with van der Waals surface area (Å²) in [5.41, 5.74) is 11.8. The minimum Gasteiger partial charge on any atom is -0.366 e. The van der Waals surface area contributed by atoms with Crippen LogP contribution in [0.5, 0.6) is 0 Å². The summed E-state index contributed by atoms with van der Waals surface area (Å²) in [7, 11) is 0. The van der Waals surface area contributed by atoms with Gasteiger partial charge >= 0.3 is 0 Å². The molecule has 0 atom stereocenters. The molecule has 5 nitrogen and oxygen atoms in total. The topological polar surface area (TPSA) is 77.1 Å². The Labute approximate surface area is 158 Å². The third-order valence-electron chi connectivity index (χ3n) is 4.69. The molecule has 27 heavy (non-hydrogen) atoms. The predicted octanol–water partition coefficient (Wildman–Crippen LogP) is 4.06. The lowest BCUT2D eigenvalue weighted by molar-refractivity contribution is 0.0997. The van der Waals surface area contributed by atoms with E-state index in [0.29, 0.717) is 16.8 Å². The number of benzene rings is 2. The average molecular weight is 361 g/mol. The molecule has 2 aromatic carbocycles. The van der Waals surface area contributed by atoms with Gasteiger partial charge in [-0.15, -0.1) is 0 Å². The maximum Gasteiger partial charge on any atom is 0.257 e. The lowest BCUT2D eigenvalue weighted by Gasteiger charge is -2.11. The highest BCUT2D eigenvalue weighted by atomic mass is 16.2. The summed E-state index contributed by atoms with van der Waals surface area (Å²) in [4.78, 5) is 24.2. The first kappa shape index (κ1) is 18.5.